The Morgan fingerprint density at radius 1 is 1.27 bits per heavy atom. The summed E-state index contributed by atoms with van der Waals surface area (Å²) in [6, 6.07) is 0. The predicted octanol–water partition coefficient (Wildman–Crippen LogP) is 0.283. The molecule has 0 aromatic rings. The maximum Gasteiger partial charge on any atom is 0.332 e. The lowest BCUT2D eigenvalue weighted by molar-refractivity contribution is 0.325. The van der Waals surface area contributed by atoms with Gasteiger partial charge >= 0.3 is 15.2 Å². The van der Waals surface area contributed by atoms with E-state index < -0.39 is 26.0 Å². The lowest BCUT2D eigenvalue weighted by Gasteiger charge is -2.27. The van der Waals surface area contributed by atoms with E-state index >= 15 is 0 Å². The molecular weight excluding hydrogens is 244 g/mol. The molecule has 15 heavy (non-hydrogen) atoms. The van der Waals surface area contributed by atoms with Gasteiger partial charge in [-0.3, -0.25) is 9.13 Å². The summed E-state index contributed by atoms with van der Waals surface area (Å²) in [7, 11) is -9.13. The largest absolute Gasteiger partial charge is 0.332 e. The van der Waals surface area contributed by atoms with Crippen LogP contribution in [0.5, 0.6) is 0 Å². The van der Waals surface area contributed by atoms with Crippen LogP contribution in [0, 0.1) is 5.41 Å². The molecule has 0 radical (unpaired) electrons. The van der Waals surface area contributed by atoms with Gasteiger partial charge in [-0.25, -0.2) is 0 Å². The summed E-state index contributed by atoms with van der Waals surface area (Å²) in [5.41, 5.74) is -1.44. The molecule has 1 aliphatic rings. The van der Waals surface area contributed by atoms with E-state index in [1.807, 2.05) is 0 Å². The van der Waals surface area contributed by atoms with Crippen LogP contribution in [0.2, 0.25) is 0 Å². The molecule has 0 bridgehead atoms. The van der Waals surface area contributed by atoms with Crippen LogP contribution in [-0.2, 0) is 9.13 Å². The second kappa shape index (κ2) is 3.77. The Labute approximate surface area is 86.3 Å². The van der Waals surface area contributed by atoms with Gasteiger partial charge in [0.25, 0.3) is 0 Å². The number of hydrogen-bond acceptors (Lipinski definition) is 3. The van der Waals surface area contributed by atoms with Crippen molar-refractivity contribution in [2.75, 3.05) is 0 Å². The molecule has 5 N–H and O–H groups in total. The van der Waals surface area contributed by atoms with Gasteiger partial charge in [0.1, 0.15) is 0 Å². The molecule has 1 aliphatic carbocycles. The SMILES string of the molecule is N=CCC(C1(P(=O)(O)O)CC1)P(=O)(O)O. The highest BCUT2D eigenvalue weighted by molar-refractivity contribution is 7.58. The van der Waals surface area contributed by atoms with Gasteiger partial charge < -0.3 is 25.0 Å². The Morgan fingerprint density at radius 3 is 1.93 bits per heavy atom. The predicted molar refractivity (Wildman–Crippen MR) is 53.2 cm³/mol. The van der Waals surface area contributed by atoms with Crippen LogP contribution < -0.4 is 0 Å². The van der Waals surface area contributed by atoms with Crippen molar-refractivity contribution in [2.24, 2.45) is 0 Å². The summed E-state index contributed by atoms with van der Waals surface area (Å²) in [5.74, 6) is 0. The van der Waals surface area contributed by atoms with Crippen molar-refractivity contribution in [3.63, 3.8) is 0 Å². The number of hydrogen-bond donors (Lipinski definition) is 5. The van der Waals surface area contributed by atoms with E-state index in [1.54, 1.807) is 0 Å². The van der Waals surface area contributed by atoms with E-state index in [0.717, 1.165) is 6.21 Å². The van der Waals surface area contributed by atoms with Crippen molar-refractivity contribution in [1.29, 1.82) is 5.41 Å². The molecule has 0 aromatic heterocycles. The van der Waals surface area contributed by atoms with Crippen molar-refractivity contribution >= 4 is 21.4 Å². The molecule has 0 saturated heterocycles. The summed E-state index contributed by atoms with van der Waals surface area (Å²) in [6.45, 7) is 0. The molecule has 1 unspecified atom stereocenters. The highest BCUT2D eigenvalue weighted by Gasteiger charge is 2.65. The maximum atomic E-state index is 11.2. The Bertz CT molecular complexity index is 353. The van der Waals surface area contributed by atoms with Gasteiger partial charge in [0.2, 0.25) is 0 Å². The first kappa shape index (κ1) is 13.0. The highest BCUT2D eigenvalue weighted by atomic mass is 31.2. The summed E-state index contributed by atoms with van der Waals surface area (Å²) in [6.07, 6.45) is 0.663. The highest BCUT2D eigenvalue weighted by Crippen LogP contribution is 2.73. The first-order valence-electron chi connectivity index (χ1n) is 4.25. The van der Waals surface area contributed by atoms with Crippen molar-refractivity contribution in [3.8, 4) is 0 Å². The maximum absolute atomic E-state index is 11.2. The smallest absolute Gasteiger partial charge is 0.324 e. The molecule has 1 atom stereocenters. The van der Waals surface area contributed by atoms with Crippen molar-refractivity contribution < 1.29 is 28.7 Å². The Morgan fingerprint density at radius 2 is 1.73 bits per heavy atom. The second-order valence-electron chi connectivity index (χ2n) is 3.69. The van der Waals surface area contributed by atoms with E-state index in [0.29, 0.717) is 0 Å². The molecule has 0 heterocycles. The Balaban J connectivity index is 3.06. The van der Waals surface area contributed by atoms with Gasteiger partial charge in [-0.2, -0.15) is 0 Å². The quantitative estimate of drug-likeness (QED) is 0.354. The lowest BCUT2D eigenvalue weighted by Crippen LogP contribution is -2.28. The molecule has 88 valence electrons. The van der Waals surface area contributed by atoms with Gasteiger partial charge in [0.15, 0.2) is 0 Å². The van der Waals surface area contributed by atoms with E-state index in [-0.39, 0.29) is 19.3 Å². The summed E-state index contributed by atoms with van der Waals surface area (Å²) < 4.78 is 22.3. The first-order valence-corrected chi connectivity index (χ1v) is 7.54. The topological polar surface area (TPSA) is 139 Å². The molecular formula is C6H13NO6P2. The van der Waals surface area contributed by atoms with Gasteiger partial charge in [0.05, 0.1) is 10.8 Å². The summed E-state index contributed by atoms with van der Waals surface area (Å²) >= 11 is 0. The van der Waals surface area contributed by atoms with Crippen LogP contribution in [0.3, 0.4) is 0 Å². The minimum absolute atomic E-state index is 0.0981. The Hall–Kier alpha value is -0.0300. The Kier molecular flexibility index (Phi) is 3.28. The normalized spacial score (nSPS) is 22.1. The zero-order chi connectivity index (χ0) is 11.9. The fourth-order valence-corrected chi connectivity index (χ4v) is 5.08. The van der Waals surface area contributed by atoms with Crippen molar-refractivity contribution in [3.05, 3.63) is 0 Å². The summed E-state index contributed by atoms with van der Waals surface area (Å²) in [4.78, 5) is 36.1. The minimum Gasteiger partial charge on any atom is -0.324 e. The third-order valence-electron chi connectivity index (χ3n) is 2.71. The molecule has 7 nitrogen and oxygen atoms in total. The van der Waals surface area contributed by atoms with Crippen LogP contribution in [0.1, 0.15) is 19.3 Å². The molecule has 9 heteroatoms. The third kappa shape index (κ3) is 2.38. The second-order valence-corrected chi connectivity index (χ2v) is 7.47. The molecule has 1 saturated carbocycles. The van der Waals surface area contributed by atoms with Gasteiger partial charge in [-0.05, 0) is 25.5 Å². The van der Waals surface area contributed by atoms with Gasteiger partial charge in [-0.1, -0.05) is 0 Å². The molecule has 0 spiro atoms. The average molecular weight is 257 g/mol. The fraction of sp³-hybridized carbons (Fsp3) is 0.833. The summed E-state index contributed by atoms with van der Waals surface area (Å²) in [5, 5.41) is 5.20. The molecule has 0 aromatic carbocycles. The zero-order valence-electron chi connectivity index (χ0n) is 7.78. The monoisotopic (exact) mass is 257 g/mol. The van der Waals surface area contributed by atoms with E-state index in [1.165, 1.54) is 0 Å². The first-order chi connectivity index (χ1) is 6.65. The molecule has 0 aliphatic heterocycles. The van der Waals surface area contributed by atoms with Crippen molar-refractivity contribution in [1.82, 2.24) is 0 Å². The van der Waals surface area contributed by atoms with E-state index in [4.69, 9.17) is 25.0 Å². The van der Waals surface area contributed by atoms with E-state index in [9.17, 15) is 9.13 Å². The standard InChI is InChI=1S/C6H13NO6P2/c7-4-1-5(14(8,9)10)6(2-3-6)15(11,12)13/h4-5,7H,1-3H2,(H2,8,9,10)(H2,11,12,13). The fourth-order valence-electron chi connectivity index (χ4n) is 1.73. The third-order valence-corrected chi connectivity index (χ3v) is 6.35. The van der Waals surface area contributed by atoms with Crippen LogP contribution in [0.25, 0.3) is 0 Å². The van der Waals surface area contributed by atoms with Crippen LogP contribution >= 0.6 is 15.2 Å². The van der Waals surface area contributed by atoms with Crippen LogP contribution in [0.15, 0.2) is 0 Å². The van der Waals surface area contributed by atoms with Crippen LogP contribution in [0.4, 0.5) is 0 Å². The zero-order valence-corrected chi connectivity index (χ0v) is 9.56. The van der Waals surface area contributed by atoms with Gasteiger partial charge in [-0.15, -0.1) is 0 Å². The minimum atomic E-state index is -4.59. The number of rotatable bonds is 5. The molecule has 1 rings (SSSR count). The average Bonchev–Trinajstić information content (AvgIpc) is 2.76. The number of nitrogens with one attached hydrogen (secondary N) is 1. The lowest BCUT2D eigenvalue weighted by atomic mass is 10.2. The molecule has 1 fully saturated rings. The van der Waals surface area contributed by atoms with E-state index in [2.05, 4.69) is 0 Å². The van der Waals surface area contributed by atoms with Crippen molar-refractivity contribution in [2.45, 2.75) is 30.1 Å². The van der Waals surface area contributed by atoms with Crippen LogP contribution in [-0.4, -0.2) is 36.6 Å². The molecule has 0 amide bonds. The van der Waals surface area contributed by atoms with Gasteiger partial charge in [0, 0.05) is 0 Å².